The highest BCUT2D eigenvalue weighted by Crippen LogP contribution is 2.24. The quantitative estimate of drug-likeness (QED) is 0.861. The van der Waals surface area contributed by atoms with E-state index in [-0.39, 0.29) is 5.54 Å². The topological polar surface area (TPSA) is 56.9 Å². The molecule has 5 nitrogen and oxygen atoms in total. The van der Waals surface area contributed by atoms with Crippen molar-refractivity contribution in [2.24, 2.45) is 0 Å². The fourth-order valence-electron chi connectivity index (χ4n) is 2.63. The molecule has 1 unspecified atom stereocenters. The third-order valence-corrected chi connectivity index (χ3v) is 4.10. The van der Waals surface area contributed by atoms with Crippen LogP contribution in [0, 0.1) is 11.3 Å². The first-order valence-corrected chi connectivity index (χ1v) is 7.10. The lowest BCUT2D eigenvalue weighted by Gasteiger charge is -2.31. The smallest absolute Gasteiger partial charge is 0.122 e. The Hall–Kier alpha value is -1.38. The standard InChI is InChI=1S/C14H21N5/c1-14(11-15,17-12-2-3-12)4-6-18-8-9-19-7-5-16-13(19)10-18/h5,7,12,17H,2-4,6,8-10H2,1H3. The second kappa shape index (κ2) is 4.95. The molecule has 19 heavy (non-hydrogen) atoms. The van der Waals surface area contributed by atoms with Crippen LogP contribution in [0.5, 0.6) is 0 Å². The van der Waals surface area contributed by atoms with E-state index in [4.69, 9.17) is 0 Å². The summed E-state index contributed by atoms with van der Waals surface area (Å²) < 4.78 is 2.21. The minimum absolute atomic E-state index is 0.381. The van der Waals surface area contributed by atoms with Crippen LogP contribution in [0.4, 0.5) is 0 Å². The molecule has 1 aliphatic carbocycles. The molecule has 1 aliphatic heterocycles. The zero-order valence-corrected chi connectivity index (χ0v) is 11.5. The predicted octanol–water partition coefficient (Wildman–Crippen LogP) is 1.12. The maximum absolute atomic E-state index is 9.37. The molecule has 5 heteroatoms. The molecule has 0 bridgehead atoms. The van der Waals surface area contributed by atoms with E-state index < -0.39 is 0 Å². The summed E-state index contributed by atoms with van der Waals surface area (Å²) in [6.07, 6.45) is 7.23. The van der Waals surface area contributed by atoms with Crippen LogP contribution in [-0.2, 0) is 13.1 Å². The number of hydrogen-bond donors (Lipinski definition) is 1. The first-order chi connectivity index (χ1) is 9.18. The Morgan fingerprint density at radius 1 is 1.53 bits per heavy atom. The van der Waals surface area contributed by atoms with Gasteiger partial charge in [0.05, 0.1) is 12.6 Å². The molecule has 1 aromatic heterocycles. The molecule has 0 spiro atoms. The Kier molecular flexibility index (Phi) is 3.29. The Morgan fingerprint density at radius 3 is 3.11 bits per heavy atom. The summed E-state index contributed by atoms with van der Waals surface area (Å²) in [7, 11) is 0. The van der Waals surface area contributed by atoms with E-state index in [0.29, 0.717) is 6.04 Å². The monoisotopic (exact) mass is 259 g/mol. The molecule has 0 amide bonds. The van der Waals surface area contributed by atoms with Crippen LogP contribution in [0.15, 0.2) is 12.4 Å². The molecule has 3 rings (SSSR count). The number of nitrogens with one attached hydrogen (secondary N) is 1. The number of aromatic nitrogens is 2. The third-order valence-electron chi connectivity index (χ3n) is 4.10. The van der Waals surface area contributed by atoms with Gasteiger partial charge in [-0.25, -0.2) is 4.98 Å². The van der Waals surface area contributed by atoms with E-state index in [1.54, 1.807) is 0 Å². The zero-order chi connectivity index (χ0) is 13.3. The number of imidazole rings is 1. The average molecular weight is 259 g/mol. The van der Waals surface area contributed by atoms with Crippen molar-refractivity contribution in [3.8, 4) is 6.07 Å². The van der Waals surface area contributed by atoms with Crippen LogP contribution >= 0.6 is 0 Å². The molecule has 1 saturated carbocycles. The van der Waals surface area contributed by atoms with Crippen LogP contribution in [0.2, 0.25) is 0 Å². The summed E-state index contributed by atoms with van der Waals surface area (Å²) in [5.41, 5.74) is -0.381. The number of hydrogen-bond acceptors (Lipinski definition) is 4. The zero-order valence-electron chi connectivity index (χ0n) is 11.5. The maximum Gasteiger partial charge on any atom is 0.122 e. The molecule has 2 aliphatic rings. The molecular formula is C14H21N5. The minimum Gasteiger partial charge on any atom is -0.333 e. The minimum atomic E-state index is -0.381. The second-order valence-electron chi connectivity index (χ2n) is 5.93. The van der Waals surface area contributed by atoms with Crippen molar-refractivity contribution < 1.29 is 0 Å². The highest BCUT2D eigenvalue weighted by molar-refractivity contribution is 5.07. The highest BCUT2D eigenvalue weighted by Gasteiger charge is 2.32. The highest BCUT2D eigenvalue weighted by atomic mass is 15.2. The summed E-state index contributed by atoms with van der Waals surface area (Å²) in [6, 6.07) is 3.02. The lowest BCUT2D eigenvalue weighted by molar-refractivity contribution is 0.198. The van der Waals surface area contributed by atoms with Gasteiger partial charge in [0.15, 0.2) is 0 Å². The van der Waals surface area contributed by atoms with Crippen LogP contribution in [0.1, 0.15) is 32.0 Å². The van der Waals surface area contributed by atoms with Gasteiger partial charge >= 0.3 is 0 Å². The summed E-state index contributed by atoms with van der Waals surface area (Å²) >= 11 is 0. The first kappa shape index (κ1) is 12.6. The van der Waals surface area contributed by atoms with Crippen molar-refractivity contribution in [2.45, 2.75) is 50.9 Å². The summed E-state index contributed by atoms with van der Waals surface area (Å²) in [5.74, 6) is 1.14. The van der Waals surface area contributed by atoms with E-state index in [0.717, 1.165) is 38.4 Å². The number of fused-ring (bicyclic) bond motifs is 1. The molecule has 0 radical (unpaired) electrons. The van der Waals surface area contributed by atoms with Gasteiger partial charge in [0, 0.05) is 38.1 Å². The van der Waals surface area contributed by atoms with Gasteiger partial charge in [0.25, 0.3) is 0 Å². The van der Waals surface area contributed by atoms with Gasteiger partial charge in [0.1, 0.15) is 11.4 Å². The van der Waals surface area contributed by atoms with E-state index >= 15 is 0 Å². The normalized spacial score (nSPS) is 22.5. The molecular weight excluding hydrogens is 238 g/mol. The Balaban J connectivity index is 1.53. The van der Waals surface area contributed by atoms with Crippen LogP contribution in [0.25, 0.3) is 0 Å². The Morgan fingerprint density at radius 2 is 2.37 bits per heavy atom. The number of nitrogens with zero attached hydrogens (tertiary/aromatic N) is 4. The molecule has 2 heterocycles. The molecule has 0 aromatic carbocycles. The van der Waals surface area contributed by atoms with E-state index in [2.05, 4.69) is 25.8 Å². The summed E-state index contributed by atoms with van der Waals surface area (Å²) in [5, 5.41) is 12.8. The van der Waals surface area contributed by atoms with Gasteiger partial charge in [-0.1, -0.05) is 0 Å². The van der Waals surface area contributed by atoms with E-state index in [1.165, 1.54) is 12.8 Å². The Labute approximate surface area is 114 Å². The van der Waals surface area contributed by atoms with Crippen molar-refractivity contribution >= 4 is 0 Å². The SMILES string of the molecule is CC(C#N)(CCN1CCn2ccnc2C1)NC1CC1. The Bertz CT molecular complexity index is 484. The summed E-state index contributed by atoms with van der Waals surface area (Å²) in [6.45, 7) is 5.94. The van der Waals surface area contributed by atoms with Crippen molar-refractivity contribution in [1.82, 2.24) is 19.8 Å². The van der Waals surface area contributed by atoms with Gasteiger partial charge < -0.3 is 4.57 Å². The molecule has 1 fully saturated rings. The summed E-state index contributed by atoms with van der Waals surface area (Å²) in [4.78, 5) is 6.77. The van der Waals surface area contributed by atoms with Crippen LogP contribution < -0.4 is 5.32 Å². The van der Waals surface area contributed by atoms with Crippen molar-refractivity contribution in [3.63, 3.8) is 0 Å². The van der Waals surface area contributed by atoms with Gasteiger partial charge in [-0.15, -0.1) is 0 Å². The fourth-order valence-corrected chi connectivity index (χ4v) is 2.63. The van der Waals surface area contributed by atoms with Gasteiger partial charge in [-0.05, 0) is 26.2 Å². The second-order valence-corrected chi connectivity index (χ2v) is 5.93. The van der Waals surface area contributed by atoms with Crippen LogP contribution in [-0.4, -0.2) is 39.1 Å². The number of rotatable bonds is 5. The van der Waals surface area contributed by atoms with Crippen LogP contribution in [0.3, 0.4) is 0 Å². The lowest BCUT2D eigenvalue weighted by Crippen LogP contribution is -2.46. The lowest BCUT2D eigenvalue weighted by atomic mass is 9.99. The van der Waals surface area contributed by atoms with Crippen molar-refractivity contribution in [2.75, 3.05) is 13.1 Å². The molecule has 0 saturated heterocycles. The first-order valence-electron chi connectivity index (χ1n) is 7.10. The third kappa shape index (κ3) is 2.96. The van der Waals surface area contributed by atoms with Gasteiger partial charge in [-0.2, -0.15) is 5.26 Å². The molecule has 1 aromatic rings. The molecule has 1 atom stereocenters. The maximum atomic E-state index is 9.37. The molecule has 102 valence electrons. The fraction of sp³-hybridized carbons (Fsp3) is 0.714. The van der Waals surface area contributed by atoms with Crippen molar-refractivity contribution in [3.05, 3.63) is 18.2 Å². The average Bonchev–Trinajstić information content (AvgIpc) is 3.10. The van der Waals surface area contributed by atoms with Crippen molar-refractivity contribution in [1.29, 1.82) is 5.26 Å². The number of nitriles is 1. The van der Waals surface area contributed by atoms with Gasteiger partial charge in [0.2, 0.25) is 0 Å². The predicted molar refractivity (Wildman–Crippen MR) is 72.3 cm³/mol. The largest absolute Gasteiger partial charge is 0.333 e. The van der Waals surface area contributed by atoms with E-state index in [1.807, 2.05) is 19.3 Å². The molecule has 1 N–H and O–H groups in total. The van der Waals surface area contributed by atoms with Gasteiger partial charge in [-0.3, -0.25) is 10.2 Å². The van der Waals surface area contributed by atoms with E-state index in [9.17, 15) is 5.26 Å².